The van der Waals surface area contributed by atoms with Crippen LogP contribution in [0.5, 0.6) is 5.75 Å². The van der Waals surface area contributed by atoms with Crippen molar-refractivity contribution in [2.75, 3.05) is 19.4 Å². The first-order chi connectivity index (χ1) is 10.2. The number of carbonyl (C=O) groups is 1. The van der Waals surface area contributed by atoms with Crippen LogP contribution < -0.4 is 4.74 Å². The molecule has 0 atom stereocenters. The number of nitrogens with zero attached hydrogens (tertiary/aromatic N) is 3. The van der Waals surface area contributed by atoms with E-state index in [1.165, 1.54) is 18.1 Å². The molecule has 1 amide bonds. The van der Waals surface area contributed by atoms with Gasteiger partial charge in [0.15, 0.2) is 0 Å². The van der Waals surface area contributed by atoms with Gasteiger partial charge < -0.3 is 9.64 Å². The zero-order chi connectivity index (χ0) is 15.1. The number of hydrogen-bond acceptors (Lipinski definition) is 5. The van der Waals surface area contributed by atoms with Crippen LogP contribution in [0.15, 0.2) is 35.5 Å². The number of aromatic amines is 1. The molecule has 1 aromatic carbocycles. The maximum Gasteiger partial charge on any atom is 0.233 e. The Kier molecular flexibility index (Phi) is 5.62. The van der Waals surface area contributed by atoms with Crippen molar-refractivity contribution in [3.63, 3.8) is 0 Å². The molecule has 2 rings (SSSR count). The Hall–Kier alpha value is -2.02. The number of rotatable bonds is 7. The topological polar surface area (TPSA) is 71.1 Å². The van der Waals surface area contributed by atoms with Crippen LogP contribution in [0.4, 0.5) is 0 Å². The van der Waals surface area contributed by atoms with Crippen molar-refractivity contribution in [2.45, 2.75) is 18.4 Å². The molecule has 0 aliphatic heterocycles. The van der Waals surface area contributed by atoms with Gasteiger partial charge in [0.05, 0.1) is 18.9 Å². The van der Waals surface area contributed by atoms with E-state index in [1.807, 2.05) is 31.2 Å². The van der Waals surface area contributed by atoms with Crippen LogP contribution in [0.1, 0.15) is 12.7 Å². The SMILES string of the molecule is CCOc1ccc(SCC(=O)N(C)Cc2ncn[nH]2)cc1. The molecule has 112 valence electrons. The van der Waals surface area contributed by atoms with Gasteiger partial charge in [-0.25, -0.2) is 4.98 Å². The molecule has 7 heteroatoms. The monoisotopic (exact) mass is 306 g/mol. The Balaban J connectivity index is 1.80. The molecule has 21 heavy (non-hydrogen) atoms. The highest BCUT2D eigenvalue weighted by Gasteiger charge is 2.11. The lowest BCUT2D eigenvalue weighted by atomic mass is 10.3. The number of H-pyrrole nitrogens is 1. The van der Waals surface area contributed by atoms with Gasteiger partial charge in [-0.05, 0) is 31.2 Å². The molecule has 0 bridgehead atoms. The first kappa shape index (κ1) is 15.4. The fraction of sp³-hybridized carbons (Fsp3) is 0.357. The average molecular weight is 306 g/mol. The number of benzene rings is 1. The summed E-state index contributed by atoms with van der Waals surface area (Å²) in [6.07, 6.45) is 1.43. The highest BCUT2D eigenvalue weighted by molar-refractivity contribution is 8.00. The summed E-state index contributed by atoms with van der Waals surface area (Å²) >= 11 is 1.50. The quantitative estimate of drug-likeness (QED) is 0.792. The summed E-state index contributed by atoms with van der Waals surface area (Å²) in [5.74, 6) is 1.95. The molecular formula is C14H18N4O2S. The lowest BCUT2D eigenvalue weighted by Gasteiger charge is -2.15. The van der Waals surface area contributed by atoms with Crippen LogP contribution in [0.2, 0.25) is 0 Å². The molecule has 2 aromatic rings. The standard InChI is InChI=1S/C14H18N4O2S/c1-3-20-11-4-6-12(7-5-11)21-9-14(19)18(2)8-13-15-10-16-17-13/h4-7,10H,3,8-9H2,1-2H3,(H,15,16,17). The molecular weight excluding hydrogens is 288 g/mol. The zero-order valence-electron chi connectivity index (χ0n) is 12.1. The van der Waals surface area contributed by atoms with Gasteiger partial charge in [-0.1, -0.05) is 0 Å². The van der Waals surface area contributed by atoms with E-state index in [0.717, 1.165) is 10.6 Å². The third-order valence-electron chi connectivity index (χ3n) is 2.77. The van der Waals surface area contributed by atoms with Gasteiger partial charge in [-0.15, -0.1) is 11.8 Å². The summed E-state index contributed by atoms with van der Waals surface area (Å²) in [4.78, 5) is 18.7. The van der Waals surface area contributed by atoms with E-state index in [1.54, 1.807) is 11.9 Å². The largest absolute Gasteiger partial charge is 0.494 e. The van der Waals surface area contributed by atoms with Gasteiger partial charge in [-0.2, -0.15) is 5.10 Å². The van der Waals surface area contributed by atoms with Crippen molar-refractivity contribution in [1.82, 2.24) is 20.1 Å². The summed E-state index contributed by atoms with van der Waals surface area (Å²) in [5, 5.41) is 6.50. The lowest BCUT2D eigenvalue weighted by molar-refractivity contribution is -0.127. The fourth-order valence-electron chi connectivity index (χ4n) is 1.67. The highest BCUT2D eigenvalue weighted by Crippen LogP contribution is 2.21. The average Bonchev–Trinajstić information content (AvgIpc) is 2.99. The van der Waals surface area contributed by atoms with Crippen LogP contribution in [0, 0.1) is 0 Å². The minimum absolute atomic E-state index is 0.0466. The highest BCUT2D eigenvalue weighted by atomic mass is 32.2. The number of hydrogen-bond donors (Lipinski definition) is 1. The molecule has 1 heterocycles. The molecule has 0 aliphatic rings. The summed E-state index contributed by atoms with van der Waals surface area (Å²) in [5.41, 5.74) is 0. The molecule has 0 radical (unpaired) electrons. The van der Waals surface area contributed by atoms with E-state index in [4.69, 9.17) is 4.74 Å². The molecule has 0 fully saturated rings. The van der Waals surface area contributed by atoms with E-state index in [0.29, 0.717) is 24.7 Å². The maximum atomic E-state index is 12.0. The van der Waals surface area contributed by atoms with Gasteiger partial charge in [0, 0.05) is 11.9 Å². The number of carbonyl (C=O) groups excluding carboxylic acids is 1. The first-order valence-electron chi connectivity index (χ1n) is 6.63. The van der Waals surface area contributed by atoms with Crippen molar-refractivity contribution < 1.29 is 9.53 Å². The van der Waals surface area contributed by atoms with E-state index in [2.05, 4.69) is 15.2 Å². The second kappa shape index (κ2) is 7.68. The summed E-state index contributed by atoms with van der Waals surface area (Å²) < 4.78 is 5.38. The van der Waals surface area contributed by atoms with Crippen LogP contribution in [0.3, 0.4) is 0 Å². The molecule has 0 aliphatic carbocycles. The number of aromatic nitrogens is 3. The molecule has 6 nitrogen and oxygen atoms in total. The fourth-order valence-corrected chi connectivity index (χ4v) is 2.51. The van der Waals surface area contributed by atoms with Crippen LogP contribution in [0.25, 0.3) is 0 Å². The smallest absolute Gasteiger partial charge is 0.233 e. The summed E-state index contributed by atoms with van der Waals surface area (Å²) in [6, 6.07) is 7.74. The molecule has 1 N–H and O–H groups in total. The summed E-state index contributed by atoms with van der Waals surface area (Å²) in [6.45, 7) is 3.03. The molecule has 0 saturated carbocycles. The normalized spacial score (nSPS) is 10.4. The van der Waals surface area contributed by atoms with Crippen LogP contribution >= 0.6 is 11.8 Å². The second-order valence-corrected chi connectivity index (χ2v) is 5.42. The third-order valence-corrected chi connectivity index (χ3v) is 3.77. The van der Waals surface area contributed by atoms with Gasteiger partial charge in [0.2, 0.25) is 5.91 Å². The predicted molar refractivity (Wildman–Crippen MR) is 81.2 cm³/mol. The minimum atomic E-state index is 0.0466. The van der Waals surface area contributed by atoms with Crippen molar-refractivity contribution in [3.05, 3.63) is 36.4 Å². The number of thioether (sulfide) groups is 1. The van der Waals surface area contributed by atoms with Gasteiger partial charge in [0.1, 0.15) is 17.9 Å². The van der Waals surface area contributed by atoms with E-state index >= 15 is 0 Å². The predicted octanol–water partition coefficient (Wildman–Crippen LogP) is 1.95. The first-order valence-corrected chi connectivity index (χ1v) is 7.61. The molecule has 1 aromatic heterocycles. The number of nitrogens with one attached hydrogen (secondary N) is 1. The zero-order valence-corrected chi connectivity index (χ0v) is 12.9. The minimum Gasteiger partial charge on any atom is -0.494 e. The molecule has 0 unspecified atom stereocenters. The van der Waals surface area contributed by atoms with Crippen molar-refractivity contribution >= 4 is 17.7 Å². The summed E-state index contributed by atoms with van der Waals surface area (Å²) in [7, 11) is 1.75. The van der Waals surface area contributed by atoms with Crippen molar-refractivity contribution in [3.8, 4) is 5.75 Å². The Morgan fingerprint density at radius 3 is 2.76 bits per heavy atom. The van der Waals surface area contributed by atoms with Crippen molar-refractivity contribution in [1.29, 1.82) is 0 Å². The number of ether oxygens (including phenoxy) is 1. The van der Waals surface area contributed by atoms with E-state index < -0.39 is 0 Å². The van der Waals surface area contributed by atoms with Gasteiger partial charge in [0.25, 0.3) is 0 Å². The van der Waals surface area contributed by atoms with E-state index in [9.17, 15) is 4.79 Å². The molecule has 0 saturated heterocycles. The van der Waals surface area contributed by atoms with Crippen LogP contribution in [-0.4, -0.2) is 45.4 Å². The Bertz CT molecular complexity index is 557. The maximum absolute atomic E-state index is 12.0. The third kappa shape index (κ3) is 4.78. The van der Waals surface area contributed by atoms with E-state index in [-0.39, 0.29) is 5.91 Å². The molecule has 0 spiro atoms. The lowest BCUT2D eigenvalue weighted by Crippen LogP contribution is -2.28. The van der Waals surface area contributed by atoms with Gasteiger partial charge >= 0.3 is 0 Å². The Morgan fingerprint density at radius 2 is 2.14 bits per heavy atom. The van der Waals surface area contributed by atoms with Crippen molar-refractivity contribution in [2.24, 2.45) is 0 Å². The Labute approximate surface area is 127 Å². The second-order valence-electron chi connectivity index (χ2n) is 4.38. The van der Waals surface area contributed by atoms with Gasteiger partial charge in [-0.3, -0.25) is 9.89 Å². The Morgan fingerprint density at radius 1 is 1.38 bits per heavy atom. The van der Waals surface area contributed by atoms with Crippen LogP contribution in [-0.2, 0) is 11.3 Å². The number of amides is 1.